The predicted molar refractivity (Wildman–Crippen MR) is 59.5 cm³/mol. The molecule has 0 saturated heterocycles. The summed E-state index contributed by atoms with van der Waals surface area (Å²) in [5, 5.41) is 7.51. The Bertz CT molecular complexity index is 255. The van der Waals surface area contributed by atoms with Crippen molar-refractivity contribution in [2.24, 2.45) is 0 Å². The SMILES string of the molecule is CCCn1nccc1C(C)CCNC. The van der Waals surface area contributed by atoms with Crippen molar-refractivity contribution < 1.29 is 0 Å². The van der Waals surface area contributed by atoms with Crippen LogP contribution in [0.1, 0.15) is 38.3 Å². The van der Waals surface area contributed by atoms with Crippen LogP contribution in [0.5, 0.6) is 0 Å². The maximum atomic E-state index is 4.33. The maximum Gasteiger partial charge on any atom is 0.0492 e. The lowest BCUT2D eigenvalue weighted by molar-refractivity contribution is 0.527. The largest absolute Gasteiger partial charge is 0.320 e. The van der Waals surface area contributed by atoms with E-state index >= 15 is 0 Å². The molecule has 1 aromatic rings. The van der Waals surface area contributed by atoms with E-state index in [0.29, 0.717) is 5.92 Å². The summed E-state index contributed by atoms with van der Waals surface area (Å²) in [6.07, 6.45) is 4.22. The summed E-state index contributed by atoms with van der Waals surface area (Å²) in [4.78, 5) is 0. The molecule has 3 heteroatoms. The summed E-state index contributed by atoms with van der Waals surface area (Å²) < 4.78 is 2.13. The molecule has 1 atom stereocenters. The van der Waals surface area contributed by atoms with Crippen molar-refractivity contribution in [1.82, 2.24) is 15.1 Å². The second-order valence-electron chi connectivity index (χ2n) is 3.77. The van der Waals surface area contributed by atoms with Crippen molar-refractivity contribution in [3.8, 4) is 0 Å². The second-order valence-corrected chi connectivity index (χ2v) is 3.77. The molecule has 0 aliphatic heterocycles. The molecule has 0 spiro atoms. The molecule has 0 aliphatic rings. The molecule has 1 rings (SSSR count). The Kier molecular flexibility index (Phi) is 4.66. The van der Waals surface area contributed by atoms with Gasteiger partial charge in [0.15, 0.2) is 0 Å². The average molecular weight is 195 g/mol. The molecule has 0 bridgehead atoms. The van der Waals surface area contributed by atoms with Gasteiger partial charge in [0.25, 0.3) is 0 Å². The number of rotatable bonds is 6. The Morgan fingerprint density at radius 1 is 1.57 bits per heavy atom. The average Bonchev–Trinajstić information content (AvgIpc) is 2.63. The van der Waals surface area contributed by atoms with Gasteiger partial charge in [-0.15, -0.1) is 0 Å². The van der Waals surface area contributed by atoms with Crippen molar-refractivity contribution in [2.75, 3.05) is 13.6 Å². The zero-order valence-electron chi connectivity index (χ0n) is 9.45. The minimum Gasteiger partial charge on any atom is -0.320 e. The van der Waals surface area contributed by atoms with E-state index < -0.39 is 0 Å². The number of nitrogens with one attached hydrogen (secondary N) is 1. The van der Waals surface area contributed by atoms with Crippen molar-refractivity contribution in [2.45, 2.75) is 39.2 Å². The van der Waals surface area contributed by atoms with Gasteiger partial charge in [-0.1, -0.05) is 13.8 Å². The molecule has 3 nitrogen and oxygen atoms in total. The van der Waals surface area contributed by atoms with Gasteiger partial charge >= 0.3 is 0 Å². The molecule has 14 heavy (non-hydrogen) atoms. The van der Waals surface area contributed by atoms with E-state index in [1.165, 1.54) is 12.1 Å². The molecule has 0 saturated carbocycles. The third kappa shape index (κ3) is 2.84. The van der Waals surface area contributed by atoms with E-state index in [4.69, 9.17) is 0 Å². The zero-order valence-corrected chi connectivity index (χ0v) is 9.45. The predicted octanol–water partition coefficient (Wildman–Crippen LogP) is 2.01. The van der Waals surface area contributed by atoms with Crippen LogP contribution in [0.25, 0.3) is 0 Å². The molecule has 1 unspecified atom stereocenters. The monoisotopic (exact) mass is 195 g/mol. The third-order valence-corrected chi connectivity index (χ3v) is 2.52. The van der Waals surface area contributed by atoms with E-state index in [2.05, 4.69) is 35.0 Å². The fourth-order valence-corrected chi connectivity index (χ4v) is 1.67. The topological polar surface area (TPSA) is 29.9 Å². The Hall–Kier alpha value is -0.830. The molecular weight excluding hydrogens is 174 g/mol. The van der Waals surface area contributed by atoms with E-state index in [1.54, 1.807) is 0 Å². The van der Waals surface area contributed by atoms with Crippen LogP contribution in [-0.2, 0) is 6.54 Å². The number of hydrogen-bond donors (Lipinski definition) is 1. The summed E-state index contributed by atoms with van der Waals surface area (Å²) in [5.41, 5.74) is 1.36. The summed E-state index contributed by atoms with van der Waals surface area (Å²) in [6.45, 7) is 6.55. The lowest BCUT2D eigenvalue weighted by Crippen LogP contribution is -2.13. The minimum absolute atomic E-state index is 0.594. The molecule has 0 radical (unpaired) electrons. The molecule has 0 fully saturated rings. The molecule has 80 valence electrons. The molecule has 1 aromatic heterocycles. The van der Waals surface area contributed by atoms with Crippen molar-refractivity contribution >= 4 is 0 Å². The Morgan fingerprint density at radius 2 is 2.36 bits per heavy atom. The zero-order chi connectivity index (χ0) is 10.4. The van der Waals surface area contributed by atoms with Gasteiger partial charge in [-0.25, -0.2) is 0 Å². The van der Waals surface area contributed by atoms with E-state index in [0.717, 1.165) is 19.5 Å². The third-order valence-electron chi connectivity index (χ3n) is 2.52. The first-order valence-corrected chi connectivity index (χ1v) is 5.45. The van der Waals surface area contributed by atoms with Gasteiger partial charge in [0.05, 0.1) is 0 Å². The molecule has 0 aromatic carbocycles. The molecule has 0 amide bonds. The van der Waals surface area contributed by atoms with Crippen molar-refractivity contribution in [3.05, 3.63) is 18.0 Å². The van der Waals surface area contributed by atoms with Gasteiger partial charge in [-0.2, -0.15) is 5.10 Å². The van der Waals surface area contributed by atoms with Crippen LogP contribution in [0, 0.1) is 0 Å². The Labute approximate surface area is 86.5 Å². The highest BCUT2D eigenvalue weighted by molar-refractivity contribution is 5.06. The van der Waals surface area contributed by atoms with Gasteiger partial charge in [0.1, 0.15) is 0 Å². The summed E-state index contributed by atoms with van der Waals surface area (Å²) >= 11 is 0. The first kappa shape index (κ1) is 11.2. The quantitative estimate of drug-likeness (QED) is 0.752. The molecule has 1 N–H and O–H groups in total. The first-order valence-electron chi connectivity index (χ1n) is 5.45. The van der Waals surface area contributed by atoms with Crippen LogP contribution >= 0.6 is 0 Å². The molecular formula is C11H21N3. The Morgan fingerprint density at radius 3 is 3.00 bits per heavy atom. The van der Waals surface area contributed by atoms with Gasteiger partial charge in [0.2, 0.25) is 0 Å². The van der Waals surface area contributed by atoms with Gasteiger partial charge in [-0.3, -0.25) is 4.68 Å². The standard InChI is InChI=1S/C11H21N3/c1-4-9-14-11(6-8-13-14)10(2)5-7-12-3/h6,8,10,12H,4-5,7,9H2,1-3H3. The molecule has 0 aliphatic carbocycles. The first-order chi connectivity index (χ1) is 6.79. The normalized spacial score (nSPS) is 13.1. The summed E-state index contributed by atoms with van der Waals surface area (Å²) in [7, 11) is 2.00. The van der Waals surface area contributed by atoms with Crippen molar-refractivity contribution in [3.63, 3.8) is 0 Å². The van der Waals surface area contributed by atoms with Gasteiger partial charge in [-0.05, 0) is 38.4 Å². The highest BCUT2D eigenvalue weighted by Crippen LogP contribution is 2.17. The fourth-order valence-electron chi connectivity index (χ4n) is 1.67. The van der Waals surface area contributed by atoms with Crippen LogP contribution < -0.4 is 5.32 Å². The number of nitrogens with zero attached hydrogens (tertiary/aromatic N) is 2. The second kappa shape index (κ2) is 5.81. The summed E-state index contributed by atoms with van der Waals surface area (Å²) in [5.74, 6) is 0.594. The highest BCUT2D eigenvalue weighted by Gasteiger charge is 2.09. The fraction of sp³-hybridized carbons (Fsp3) is 0.727. The van der Waals surface area contributed by atoms with Crippen molar-refractivity contribution in [1.29, 1.82) is 0 Å². The van der Waals surface area contributed by atoms with E-state index in [-0.39, 0.29) is 0 Å². The van der Waals surface area contributed by atoms with E-state index in [9.17, 15) is 0 Å². The van der Waals surface area contributed by atoms with Gasteiger partial charge < -0.3 is 5.32 Å². The number of aryl methyl sites for hydroxylation is 1. The lowest BCUT2D eigenvalue weighted by Gasteiger charge is -2.13. The Balaban J connectivity index is 2.58. The van der Waals surface area contributed by atoms with Crippen LogP contribution in [0.15, 0.2) is 12.3 Å². The smallest absolute Gasteiger partial charge is 0.0492 e. The highest BCUT2D eigenvalue weighted by atomic mass is 15.3. The number of hydrogen-bond acceptors (Lipinski definition) is 2. The maximum absolute atomic E-state index is 4.33. The lowest BCUT2D eigenvalue weighted by atomic mass is 10.0. The van der Waals surface area contributed by atoms with Crippen LogP contribution in [0.3, 0.4) is 0 Å². The number of aromatic nitrogens is 2. The van der Waals surface area contributed by atoms with Gasteiger partial charge in [0, 0.05) is 18.4 Å². The van der Waals surface area contributed by atoms with Crippen LogP contribution in [-0.4, -0.2) is 23.4 Å². The van der Waals surface area contributed by atoms with Crippen LogP contribution in [0.2, 0.25) is 0 Å². The van der Waals surface area contributed by atoms with Crippen LogP contribution in [0.4, 0.5) is 0 Å². The van der Waals surface area contributed by atoms with E-state index in [1.807, 2.05) is 13.2 Å². The summed E-state index contributed by atoms with van der Waals surface area (Å²) in [6, 6.07) is 2.13. The molecule has 1 heterocycles. The minimum atomic E-state index is 0.594.